The van der Waals surface area contributed by atoms with E-state index in [-0.39, 0.29) is 12.1 Å². The minimum absolute atomic E-state index is 0.0650. The molecule has 2 atom stereocenters. The molecule has 3 heterocycles. The fourth-order valence-corrected chi connectivity index (χ4v) is 4.50. The monoisotopic (exact) mass is 358 g/mol. The first-order valence-corrected chi connectivity index (χ1v) is 9.96. The zero-order valence-electron chi connectivity index (χ0n) is 15.7. The van der Waals surface area contributed by atoms with Gasteiger partial charge in [0.1, 0.15) is 0 Å². The molecule has 26 heavy (non-hydrogen) atoms. The molecule has 0 spiro atoms. The molecule has 6 heteroatoms. The van der Waals surface area contributed by atoms with Gasteiger partial charge in [-0.05, 0) is 63.4 Å². The number of anilines is 2. The third-order valence-corrected chi connectivity index (χ3v) is 5.98. The first-order chi connectivity index (χ1) is 12.7. The van der Waals surface area contributed by atoms with Crippen molar-refractivity contribution in [2.75, 3.05) is 49.6 Å². The second-order valence-electron chi connectivity index (χ2n) is 7.70. The lowest BCUT2D eigenvalue weighted by molar-refractivity contribution is 0.159. The van der Waals surface area contributed by atoms with E-state index in [1.165, 1.54) is 31.4 Å². The minimum Gasteiger partial charge on any atom is -0.378 e. The number of likely N-dealkylation sites (tertiary alicyclic amines) is 1. The Hall–Kier alpha value is -1.79. The Kier molecular flexibility index (Phi) is 5.31. The Morgan fingerprint density at radius 1 is 1.08 bits per heavy atom. The van der Waals surface area contributed by atoms with Crippen LogP contribution in [0.25, 0.3) is 0 Å². The number of benzene rings is 1. The molecule has 0 bridgehead atoms. The van der Waals surface area contributed by atoms with Crippen LogP contribution in [0.15, 0.2) is 18.2 Å². The highest BCUT2D eigenvalue weighted by Gasteiger charge is 2.35. The van der Waals surface area contributed by atoms with Gasteiger partial charge in [0, 0.05) is 24.5 Å². The van der Waals surface area contributed by atoms with Crippen molar-refractivity contribution < 1.29 is 9.53 Å². The molecule has 2 amide bonds. The summed E-state index contributed by atoms with van der Waals surface area (Å²) >= 11 is 0. The van der Waals surface area contributed by atoms with E-state index in [2.05, 4.69) is 33.4 Å². The van der Waals surface area contributed by atoms with E-state index in [1.807, 2.05) is 12.1 Å². The summed E-state index contributed by atoms with van der Waals surface area (Å²) < 4.78 is 5.65. The maximum atomic E-state index is 12.6. The van der Waals surface area contributed by atoms with Crippen LogP contribution in [0.5, 0.6) is 0 Å². The molecule has 0 saturated carbocycles. The van der Waals surface area contributed by atoms with E-state index in [0.29, 0.717) is 19.3 Å². The lowest BCUT2D eigenvalue weighted by Crippen LogP contribution is -2.51. The fourth-order valence-electron chi connectivity index (χ4n) is 4.50. The van der Waals surface area contributed by atoms with Crippen molar-refractivity contribution in [1.82, 2.24) is 10.2 Å². The van der Waals surface area contributed by atoms with Gasteiger partial charge in [-0.15, -0.1) is 0 Å². The number of ether oxygens (including phenoxy) is 1. The summed E-state index contributed by atoms with van der Waals surface area (Å²) in [6.45, 7) is 7.85. The third-order valence-electron chi connectivity index (χ3n) is 5.98. The lowest BCUT2D eigenvalue weighted by atomic mass is 10.1. The van der Waals surface area contributed by atoms with Crippen molar-refractivity contribution >= 4 is 17.4 Å². The quantitative estimate of drug-likeness (QED) is 0.869. The highest BCUT2D eigenvalue weighted by Crippen LogP contribution is 2.29. The zero-order chi connectivity index (χ0) is 17.9. The summed E-state index contributed by atoms with van der Waals surface area (Å²) in [4.78, 5) is 17.5. The molecule has 3 aliphatic rings. The molecular weight excluding hydrogens is 328 g/mol. The Bertz CT molecular complexity index is 639. The van der Waals surface area contributed by atoms with Gasteiger partial charge in [-0.2, -0.15) is 0 Å². The number of urea groups is 1. The summed E-state index contributed by atoms with van der Waals surface area (Å²) in [5.41, 5.74) is 3.27. The van der Waals surface area contributed by atoms with Gasteiger partial charge >= 0.3 is 6.03 Å². The van der Waals surface area contributed by atoms with E-state index in [9.17, 15) is 4.79 Å². The maximum Gasteiger partial charge on any atom is 0.319 e. The second kappa shape index (κ2) is 7.84. The van der Waals surface area contributed by atoms with Crippen molar-refractivity contribution in [2.45, 2.75) is 44.7 Å². The Balaban J connectivity index is 1.39. The van der Waals surface area contributed by atoms with E-state index in [1.54, 1.807) is 0 Å². The van der Waals surface area contributed by atoms with Crippen molar-refractivity contribution in [1.29, 1.82) is 0 Å². The molecule has 3 fully saturated rings. The van der Waals surface area contributed by atoms with E-state index in [4.69, 9.17) is 4.74 Å². The third kappa shape index (κ3) is 3.67. The summed E-state index contributed by atoms with van der Waals surface area (Å²) in [5.74, 6) is 0. The number of amides is 2. The van der Waals surface area contributed by atoms with Crippen LogP contribution in [0, 0.1) is 6.92 Å². The minimum atomic E-state index is -0.133. The lowest BCUT2D eigenvalue weighted by Gasteiger charge is -2.28. The van der Waals surface area contributed by atoms with Crippen LogP contribution in [0.1, 0.15) is 31.2 Å². The Morgan fingerprint density at radius 2 is 1.81 bits per heavy atom. The van der Waals surface area contributed by atoms with Gasteiger partial charge in [-0.3, -0.25) is 4.90 Å². The highest BCUT2D eigenvalue weighted by molar-refractivity contribution is 5.91. The summed E-state index contributed by atoms with van der Waals surface area (Å²) in [6, 6.07) is 6.40. The average Bonchev–Trinajstić information content (AvgIpc) is 3.39. The van der Waals surface area contributed by atoms with Crippen LogP contribution in [-0.4, -0.2) is 62.4 Å². The number of hydrogen-bond acceptors (Lipinski definition) is 4. The van der Waals surface area contributed by atoms with Crippen molar-refractivity contribution in [3.63, 3.8) is 0 Å². The summed E-state index contributed by atoms with van der Waals surface area (Å²) in [7, 11) is 0. The van der Waals surface area contributed by atoms with Crippen molar-refractivity contribution in [2.24, 2.45) is 0 Å². The van der Waals surface area contributed by atoms with Crippen molar-refractivity contribution in [3.8, 4) is 0 Å². The molecule has 1 aromatic rings. The predicted molar refractivity (Wildman–Crippen MR) is 104 cm³/mol. The number of hydrogen-bond donors (Lipinski definition) is 2. The first-order valence-electron chi connectivity index (χ1n) is 9.96. The normalized spacial score (nSPS) is 26.4. The van der Waals surface area contributed by atoms with Crippen LogP contribution < -0.4 is 15.5 Å². The summed E-state index contributed by atoms with van der Waals surface area (Å²) in [6.07, 6.45) is 4.99. The van der Waals surface area contributed by atoms with E-state index < -0.39 is 0 Å². The number of carbonyl (C=O) groups is 1. The van der Waals surface area contributed by atoms with Crippen LogP contribution in [-0.2, 0) is 4.74 Å². The maximum absolute atomic E-state index is 12.6. The van der Waals surface area contributed by atoms with E-state index in [0.717, 1.165) is 37.4 Å². The molecule has 0 aromatic heterocycles. The molecular formula is C20H30N4O2. The molecule has 3 aliphatic heterocycles. The molecule has 4 rings (SSSR count). The van der Waals surface area contributed by atoms with Gasteiger partial charge in [0.05, 0.1) is 25.3 Å². The van der Waals surface area contributed by atoms with Crippen LogP contribution in [0.4, 0.5) is 16.2 Å². The standard InChI is InChI=1S/C20H30N4O2/c1-15-16(7-6-8-18(15)23-9-2-3-10-23)21-20(25)22-17-13-26-14-19(17)24-11-4-5-12-24/h6-8,17,19H,2-5,9-14H2,1H3,(H2,21,22,25)/t17-,19-/m0/s1. The molecule has 0 aliphatic carbocycles. The molecule has 3 saturated heterocycles. The Morgan fingerprint density at radius 3 is 2.58 bits per heavy atom. The van der Waals surface area contributed by atoms with E-state index >= 15 is 0 Å². The molecule has 6 nitrogen and oxygen atoms in total. The van der Waals surface area contributed by atoms with Crippen LogP contribution in [0.3, 0.4) is 0 Å². The first kappa shape index (κ1) is 17.6. The largest absolute Gasteiger partial charge is 0.378 e. The zero-order valence-corrected chi connectivity index (χ0v) is 15.7. The number of rotatable bonds is 4. The molecule has 142 valence electrons. The highest BCUT2D eigenvalue weighted by atomic mass is 16.5. The number of carbonyl (C=O) groups excluding carboxylic acids is 1. The van der Waals surface area contributed by atoms with Gasteiger partial charge in [-0.1, -0.05) is 6.07 Å². The van der Waals surface area contributed by atoms with Gasteiger partial charge < -0.3 is 20.3 Å². The van der Waals surface area contributed by atoms with Gasteiger partial charge in [-0.25, -0.2) is 4.79 Å². The smallest absolute Gasteiger partial charge is 0.319 e. The fraction of sp³-hybridized carbons (Fsp3) is 0.650. The van der Waals surface area contributed by atoms with Crippen LogP contribution >= 0.6 is 0 Å². The van der Waals surface area contributed by atoms with Gasteiger partial charge in [0.2, 0.25) is 0 Å². The Labute approximate surface area is 155 Å². The van der Waals surface area contributed by atoms with Crippen LogP contribution in [0.2, 0.25) is 0 Å². The van der Waals surface area contributed by atoms with Crippen molar-refractivity contribution in [3.05, 3.63) is 23.8 Å². The average molecular weight is 358 g/mol. The van der Waals surface area contributed by atoms with Gasteiger partial charge in [0.25, 0.3) is 0 Å². The molecule has 2 N–H and O–H groups in total. The number of nitrogens with one attached hydrogen (secondary N) is 2. The molecule has 0 radical (unpaired) electrons. The predicted octanol–water partition coefficient (Wildman–Crippen LogP) is 2.58. The SMILES string of the molecule is Cc1c(NC(=O)N[C@H]2COC[C@@H]2N2CCCC2)cccc1N1CCCC1. The van der Waals surface area contributed by atoms with Gasteiger partial charge in [0.15, 0.2) is 0 Å². The molecule has 0 unspecified atom stereocenters. The molecule has 1 aromatic carbocycles. The second-order valence-corrected chi connectivity index (χ2v) is 7.70. The summed E-state index contributed by atoms with van der Waals surface area (Å²) in [5, 5.41) is 6.20. The topological polar surface area (TPSA) is 56.8 Å². The number of nitrogens with zero attached hydrogens (tertiary/aromatic N) is 2.